The van der Waals surface area contributed by atoms with Crippen molar-refractivity contribution in [3.05, 3.63) is 180 Å². The third-order valence-corrected chi connectivity index (χ3v) is 10.3. The molecule has 1 atom stereocenters. The van der Waals surface area contributed by atoms with Crippen LogP contribution >= 0.6 is 0 Å². The monoisotopic (exact) mass is 667 g/mol. The van der Waals surface area contributed by atoms with Gasteiger partial charge in [0.2, 0.25) is 0 Å². The minimum absolute atomic E-state index is 0.323. The zero-order valence-electron chi connectivity index (χ0n) is 27.9. The first-order chi connectivity index (χ1) is 25.7. The van der Waals surface area contributed by atoms with Gasteiger partial charge in [-0.2, -0.15) is 0 Å². The number of hydrogen-bond acceptors (Lipinski definition) is 5. The fraction of sp³-hybridized carbons (Fsp3) is 0.0213. The Hall–Kier alpha value is -6.98. The van der Waals surface area contributed by atoms with E-state index in [0.29, 0.717) is 5.84 Å². The summed E-state index contributed by atoms with van der Waals surface area (Å²) in [5.41, 5.74) is 8.49. The van der Waals surface area contributed by atoms with E-state index < -0.39 is 0 Å². The van der Waals surface area contributed by atoms with Gasteiger partial charge < -0.3 is 14.2 Å². The largest absolute Gasteiger partial charge is 0.456 e. The Balaban J connectivity index is 1.08. The van der Waals surface area contributed by atoms with Crippen LogP contribution in [0.4, 0.5) is 0 Å². The lowest BCUT2D eigenvalue weighted by Crippen LogP contribution is -2.33. The summed E-state index contributed by atoms with van der Waals surface area (Å²) >= 11 is 0. The minimum atomic E-state index is -0.323. The van der Waals surface area contributed by atoms with Gasteiger partial charge in [0, 0.05) is 38.2 Å². The van der Waals surface area contributed by atoms with Crippen LogP contribution in [0.25, 0.3) is 76.5 Å². The van der Waals surface area contributed by atoms with Crippen molar-refractivity contribution in [2.45, 2.75) is 6.17 Å². The molecule has 1 unspecified atom stereocenters. The van der Waals surface area contributed by atoms with E-state index in [1.807, 2.05) is 48.5 Å². The van der Waals surface area contributed by atoms with Gasteiger partial charge in [-0.05, 0) is 63.0 Å². The molecule has 1 N–H and O–H groups in total. The highest BCUT2D eigenvalue weighted by Gasteiger charge is 2.25. The molecule has 0 spiro atoms. The molecular weight excluding hydrogens is 639 g/mol. The number of fused-ring (bicyclic) bond motifs is 9. The van der Waals surface area contributed by atoms with Crippen LogP contribution in [-0.4, -0.2) is 11.7 Å². The molecule has 0 bridgehead atoms. The molecule has 0 aliphatic carbocycles. The highest BCUT2D eigenvalue weighted by atomic mass is 16.3. The molecule has 11 rings (SSSR count). The summed E-state index contributed by atoms with van der Waals surface area (Å²) in [6.07, 6.45) is -0.323. The van der Waals surface area contributed by atoms with Crippen LogP contribution < -0.4 is 5.32 Å². The molecule has 0 radical (unpaired) electrons. The molecule has 5 heteroatoms. The zero-order chi connectivity index (χ0) is 34.2. The first kappa shape index (κ1) is 28.8. The molecule has 0 saturated heterocycles. The molecule has 8 aromatic carbocycles. The lowest BCUT2D eigenvalue weighted by atomic mass is 9.98. The van der Waals surface area contributed by atoms with E-state index in [4.69, 9.17) is 18.8 Å². The molecule has 244 valence electrons. The van der Waals surface area contributed by atoms with Gasteiger partial charge in [-0.3, -0.25) is 0 Å². The topological polar surface area (TPSA) is 63.0 Å². The molecule has 0 amide bonds. The summed E-state index contributed by atoms with van der Waals surface area (Å²) in [5.74, 6) is 1.44. The normalized spacial score (nSPS) is 14.7. The summed E-state index contributed by atoms with van der Waals surface area (Å²) in [5, 5.41) is 12.7. The first-order valence-corrected chi connectivity index (χ1v) is 17.5. The van der Waals surface area contributed by atoms with Gasteiger partial charge in [-0.15, -0.1) is 0 Å². The van der Waals surface area contributed by atoms with Crippen molar-refractivity contribution >= 4 is 77.1 Å². The molecule has 0 saturated carbocycles. The molecule has 0 fully saturated rings. The summed E-state index contributed by atoms with van der Waals surface area (Å²) in [6, 6.07) is 56.9. The van der Waals surface area contributed by atoms with Crippen molar-refractivity contribution < 1.29 is 8.83 Å². The fourth-order valence-corrected chi connectivity index (χ4v) is 7.84. The molecule has 2 aromatic heterocycles. The average Bonchev–Trinajstić information content (AvgIpc) is 3.79. The third kappa shape index (κ3) is 4.49. The van der Waals surface area contributed by atoms with Crippen LogP contribution in [0, 0.1) is 0 Å². The number of benzene rings is 8. The highest BCUT2D eigenvalue weighted by Crippen LogP contribution is 2.40. The number of amidine groups is 2. The van der Waals surface area contributed by atoms with Gasteiger partial charge in [0.25, 0.3) is 0 Å². The number of nitrogens with zero attached hydrogens (tertiary/aromatic N) is 2. The van der Waals surface area contributed by atoms with Crippen molar-refractivity contribution in [1.82, 2.24) is 5.32 Å². The number of nitrogens with one attached hydrogen (secondary N) is 1. The van der Waals surface area contributed by atoms with E-state index in [2.05, 4.69) is 121 Å². The second-order valence-electron chi connectivity index (χ2n) is 13.4. The average molecular weight is 668 g/mol. The molecule has 1 aliphatic heterocycles. The molecule has 3 heterocycles. The van der Waals surface area contributed by atoms with Crippen LogP contribution in [0.3, 0.4) is 0 Å². The third-order valence-electron chi connectivity index (χ3n) is 10.3. The van der Waals surface area contributed by atoms with Crippen LogP contribution in [0.5, 0.6) is 0 Å². The summed E-state index contributed by atoms with van der Waals surface area (Å²) in [4.78, 5) is 10.4. The smallest absolute Gasteiger partial charge is 0.159 e. The second-order valence-corrected chi connectivity index (χ2v) is 13.4. The molecule has 5 nitrogen and oxygen atoms in total. The maximum absolute atomic E-state index is 6.72. The van der Waals surface area contributed by atoms with Crippen molar-refractivity contribution in [1.29, 1.82) is 0 Å². The van der Waals surface area contributed by atoms with E-state index in [-0.39, 0.29) is 6.17 Å². The predicted octanol–water partition coefficient (Wildman–Crippen LogP) is 12.0. The number of aliphatic imine (C=N–C) groups is 2. The van der Waals surface area contributed by atoms with E-state index in [0.717, 1.165) is 82.9 Å². The summed E-state index contributed by atoms with van der Waals surface area (Å²) in [7, 11) is 0. The van der Waals surface area contributed by atoms with E-state index in [1.165, 1.54) is 16.2 Å². The number of furan rings is 2. The van der Waals surface area contributed by atoms with Crippen LogP contribution in [0.2, 0.25) is 0 Å². The Bertz CT molecular complexity index is 3110. The van der Waals surface area contributed by atoms with Crippen LogP contribution in [0.1, 0.15) is 22.9 Å². The van der Waals surface area contributed by atoms with E-state index >= 15 is 0 Å². The Kier molecular flexibility index (Phi) is 6.25. The van der Waals surface area contributed by atoms with Crippen molar-refractivity contribution in [2.24, 2.45) is 9.98 Å². The standard InChI is InChI=1S/C47H29N3O2/c1-2-11-29(12-3-1)45-48-46(32-22-24-34-30(26-32)21-20-28-10-4-5-13-33(28)34)50-47(49-45)38-17-9-19-42-43(38)37-16-8-15-35(44(37)52-42)31-23-25-41-39(27-31)36-14-6-7-18-40(36)51-41/h1-27,45H,(H,48,49,50). The lowest BCUT2D eigenvalue weighted by molar-refractivity contribution is 0.667. The van der Waals surface area contributed by atoms with E-state index in [1.54, 1.807) is 0 Å². The van der Waals surface area contributed by atoms with Crippen molar-refractivity contribution in [2.75, 3.05) is 0 Å². The first-order valence-electron chi connectivity index (χ1n) is 17.5. The SMILES string of the molecule is c1ccc(C2N=C(c3ccc4c(ccc5ccccc54)c3)N=C(c3cccc4oc5c(-c6ccc7oc8ccccc8c7c6)cccc5c34)N2)cc1. The van der Waals surface area contributed by atoms with Gasteiger partial charge in [-0.1, -0.05) is 133 Å². The minimum Gasteiger partial charge on any atom is -0.456 e. The van der Waals surface area contributed by atoms with E-state index in [9.17, 15) is 0 Å². The molecule has 1 aliphatic rings. The van der Waals surface area contributed by atoms with Crippen molar-refractivity contribution in [3.8, 4) is 11.1 Å². The number of rotatable bonds is 4. The van der Waals surface area contributed by atoms with Gasteiger partial charge in [0.1, 0.15) is 34.3 Å². The van der Waals surface area contributed by atoms with Gasteiger partial charge in [0.15, 0.2) is 5.84 Å². The second kappa shape index (κ2) is 11.3. The Morgan fingerprint density at radius 1 is 0.462 bits per heavy atom. The summed E-state index contributed by atoms with van der Waals surface area (Å²) in [6.45, 7) is 0. The summed E-state index contributed by atoms with van der Waals surface area (Å²) < 4.78 is 12.8. The van der Waals surface area contributed by atoms with Gasteiger partial charge in [-0.25, -0.2) is 9.98 Å². The Morgan fingerprint density at radius 2 is 1.17 bits per heavy atom. The molecule has 10 aromatic rings. The highest BCUT2D eigenvalue weighted by molar-refractivity contribution is 6.23. The van der Waals surface area contributed by atoms with Gasteiger partial charge in [0.05, 0.1) is 0 Å². The number of para-hydroxylation sites is 2. The van der Waals surface area contributed by atoms with Crippen LogP contribution in [-0.2, 0) is 0 Å². The lowest BCUT2D eigenvalue weighted by Gasteiger charge is -2.24. The maximum Gasteiger partial charge on any atom is 0.159 e. The van der Waals surface area contributed by atoms with Crippen molar-refractivity contribution in [3.63, 3.8) is 0 Å². The van der Waals surface area contributed by atoms with Crippen LogP contribution in [0.15, 0.2) is 183 Å². The van der Waals surface area contributed by atoms with Gasteiger partial charge >= 0.3 is 0 Å². The molecular formula is C47H29N3O2. The maximum atomic E-state index is 6.72. The Labute approximate surface area is 298 Å². The molecule has 52 heavy (non-hydrogen) atoms. The quantitative estimate of drug-likeness (QED) is 0.190. The Morgan fingerprint density at radius 3 is 2.12 bits per heavy atom. The zero-order valence-corrected chi connectivity index (χ0v) is 27.9. The predicted molar refractivity (Wildman–Crippen MR) is 213 cm³/mol. The number of hydrogen-bond donors (Lipinski definition) is 1. The fourth-order valence-electron chi connectivity index (χ4n) is 7.84.